The van der Waals surface area contributed by atoms with E-state index in [1.54, 1.807) is 0 Å². The predicted octanol–water partition coefficient (Wildman–Crippen LogP) is 6.20. The van der Waals surface area contributed by atoms with Crippen LogP contribution < -0.4 is 4.74 Å². The molecule has 0 amide bonds. The molecule has 0 saturated heterocycles. The van der Waals surface area contributed by atoms with Gasteiger partial charge in [0.2, 0.25) is 0 Å². The molecule has 0 bridgehead atoms. The lowest BCUT2D eigenvalue weighted by molar-refractivity contribution is -0.138. The minimum absolute atomic E-state index is 0.0385. The Balaban J connectivity index is 2.25. The zero-order chi connectivity index (χ0) is 18.8. The van der Waals surface area contributed by atoms with Gasteiger partial charge in [-0.05, 0) is 48.4 Å². The molecular formula is C16H10BrCl2F3O3. The second kappa shape index (κ2) is 7.85. The molecule has 2 aromatic rings. The van der Waals surface area contributed by atoms with Crippen molar-refractivity contribution < 1.29 is 27.8 Å². The molecule has 1 N–H and O–H groups in total. The van der Waals surface area contributed by atoms with Crippen LogP contribution in [0.2, 0.25) is 10.0 Å². The summed E-state index contributed by atoms with van der Waals surface area (Å²) in [6.07, 6.45) is -4.40. The summed E-state index contributed by atoms with van der Waals surface area (Å²) < 4.78 is 43.4. The third-order valence-corrected chi connectivity index (χ3v) is 4.55. The lowest BCUT2D eigenvalue weighted by atomic mass is 10.1. The molecule has 1 atom stereocenters. The number of aliphatic carboxylic acids is 1. The van der Waals surface area contributed by atoms with Crippen LogP contribution in [0.3, 0.4) is 0 Å². The number of hydrogen-bond donors (Lipinski definition) is 1. The molecule has 0 aliphatic carbocycles. The molecule has 0 fully saturated rings. The Morgan fingerprint density at radius 2 is 1.84 bits per heavy atom. The predicted molar refractivity (Wildman–Crippen MR) is 92.0 cm³/mol. The summed E-state index contributed by atoms with van der Waals surface area (Å²) in [5.41, 5.74) is -0.378. The highest BCUT2D eigenvalue weighted by Gasteiger charge is 2.31. The Bertz CT molecular complexity index is 797. The van der Waals surface area contributed by atoms with Crippen molar-refractivity contribution in [1.82, 2.24) is 0 Å². The monoisotopic (exact) mass is 456 g/mol. The number of halogens is 6. The van der Waals surface area contributed by atoms with Crippen LogP contribution in [0, 0.1) is 0 Å². The molecular weight excluding hydrogens is 448 g/mol. The van der Waals surface area contributed by atoms with Gasteiger partial charge in [0.1, 0.15) is 16.3 Å². The Labute approximate surface area is 159 Å². The average Bonchev–Trinajstić information content (AvgIpc) is 2.51. The van der Waals surface area contributed by atoms with E-state index in [-0.39, 0.29) is 22.9 Å². The minimum Gasteiger partial charge on any atom is -0.480 e. The second-order valence-electron chi connectivity index (χ2n) is 5.01. The first-order valence-electron chi connectivity index (χ1n) is 6.78. The standard InChI is InChI=1S/C16H10BrCl2F3O3/c17-11(15(23)24)6-8-5-10(2-3-12(8)18)25-14-4-1-9(7-13(14)19)16(20,21)22/h1-5,7,11H,6H2,(H,23,24). The van der Waals surface area contributed by atoms with Gasteiger partial charge >= 0.3 is 12.1 Å². The molecule has 0 heterocycles. The fourth-order valence-electron chi connectivity index (χ4n) is 1.94. The maximum absolute atomic E-state index is 12.6. The van der Waals surface area contributed by atoms with Crippen LogP contribution in [0.5, 0.6) is 11.5 Å². The summed E-state index contributed by atoms with van der Waals surface area (Å²) in [5, 5.41) is 9.08. The molecule has 25 heavy (non-hydrogen) atoms. The number of benzene rings is 2. The van der Waals surface area contributed by atoms with Gasteiger partial charge in [-0.1, -0.05) is 39.1 Å². The molecule has 9 heteroatoms. The molecule has 0 radical (unpaired) electrons. The van der Waals surface area contributed by atoms with Crippen LogP contribution in [0.25, 0.3) is 0 Å². The van der Waals surface area contributed by atoms with Gasteiger partial charge in [-0.15, -0.1) is 0 Å². The third kappa shape index (κ3) is 5.26. The summed E-state index contributed by atoms with van der Waals surface area (Å²) in [7, 11) is 0. The van der Waals surface area contributed by atoms with Gasteiger partial charge in [-0.3, -0.25) is 4.79 Å². The van der Waals surface area contributed by atoms with Gasteiger partial charge < -0.3 is 9.84 Å². The Kier molecular flexibility index (Phi) is 6.24. The summed E-state index contributed by atoms with van der Waals surface area (Å²) in [5.74, 6) is -0.740. The SMILES string of the molecule is O=C(O)C(Br)Cc1cc(Oc2ccc(C(F)(F)F)cc2Cl)ccc1Cl. The van der Waals surface area contributed by atoms with Crippen molar-refractivity contribution in [2.45, 2.75) is 17.4 Å². The molecule has 1 unspecified atom stereocenters. The minimum atomic E-state index is -4.50. The van der Waals surface area contributed by atoms with Crippen molar-refractivity contribution >= 4 is 45.1 Å². The van der Waals surface area contributed by atoms with Crippen molar-refractivity contribution in [3.8, 4) is 11.5 Å². The second-order valence-corrected chi connectivity index (χ2v) is 6.93. The Hall–Kier alpha value is -1.44. The number of ether oxygens (including phenoxy) is 1. The number of alkyl halides is 4. The molecule has 0 spiro atoms. The van der Waals surface area contributed by atoms with E-state index in [1.807, 2.05) is 0 Å². The van der Waals surface area contributed by atoms with Crippen molar-refractivity contribution in [2.75, 3.05) is 0 Å². The van der Waals surface area contributed by atoms with Gasteiger partial charge in [0.05, 0.1) is 10.6 Å². The summed E-state index contributed by atoms with van der Waals surface area (Å²) in [6.45, 7) is 0. The largest absolute Gasteiger partial charge is 0.480 e. The van der Waals surface area contributed by atoms with E-state index in [2.05, 4.69) is 15.9 Å². The van der Waals surface area contributed by atoms with Crippen LogP contribution in [0.15, 0.2) is 36.4 Å². The quantitative estimate of drug-likeness (QED) is 0.544. The lowest BCUT2D eigenvalue weighted by Crippen LogP contribution is -2.15. The average molecular weight is 458 g/mol. The summed E-state index contributed by atoms with van der Waals surface area (Å²) in [4.78, 5) is 10.1. The molecule has 0 aliphatic heterocycles. The number of carboxylic acids is 1. The van der Waals surface area contributed by atoms with Crippen LogP contribution in [-0.2, 0) is 17.4 Å². The van der Waals surface area contributed by atoms with E-state index in [1.165, 1.54) is 18.2 Å². The van der Waals surface area contributed by atoms with Gasteiger partial charge in [0.25, 0.3) is 0 Å². The highest BCUT2D eigenvalue weighted by molar-refractivity contribution is 9.10. The topological polar surface area (TPSA) is 46.5 Å². The van der Waals surface area contributed by atoms with Gasteiger partial charge in [0, 0.05) is 5.02 Å². The van der Waals surface area contributed by atoms with E-state index in [4.69, 9.17) is 33.0 Å². The van der Waals surface area contributed by atoms with Crippen LogP contribution in [0.1, 0.15) is 11.1 Å². The molecule has 0 saturated carbocycles. The maximum atomic E-state index is 12.6. The molecule has 0 aromatic heterocycles. The van der Waals surface area contributed by atoms with Gasteiger partial charge in [-0.25, -0.2) is 0 Å². The van der Waals surface area contributed by atoms with Crippen molar-refractivity contribution in [3.05, 3.63) is 57.6 Å². The van der Waals surface area contributed by atoms with E-state index in [0.717, 1.165) is 18.2 Å². The van der Waals surface area contributed by atoms with Crippen LogP contribution in [-0.4, -0.2) is 15.9 Å². The fraction of sp³-hybridized carbons (Fsp3) is 0.188. The Morgan fingerprint density at radius 1 is 1.16 bits per heavy atom. The van der Waals surface area contributed by atoms with Crippen molar-refractivity contribution in [3.63, 3.8) is 0 Å². The molecule has 2 aromatic carbocycles. The molecule has 3 nitrogen and oxygen atoms in total. The summed E-state index contributed by atoms with van der Waals surface area (Å²) in [6, 6.07) is 7.26. The third-order valence-electron chi connectivity index (χ3n) is 3.17. The zero-order valence-electron chi connectivity index (χ0n) is 12.3. The van der Waals surface area contributed by atoms with Gasteiger partial charge in [-0.2, -0.15) is 13.2 Å². The number of carbonyl (C=O) groups is 1. The van der Waals surface area contributed by atoms with E-state index >= 15 is 0 Å². The summed E-state index contributed by atoms with van der Waals surface area (Å²) >= 11 is 14.9. The van der Waals surface area contributed by atoms with Crippen molar-refractivity contribution in [1.29, 1.82) is 0 Å². The first-order chi connectivity index (χ1) is 11.6. The molecule has 2 rings (SSSR count). The molecule has 134 valence electrons. The van der Waals surface area contributed by atoms with Crippen LogP contribution >= 0.6 is 39.1 Å². The smallest absolute Gasteiger partial charge is 0.416 e. The normalized spacial score (nSPS) is 12.7. The fourth-order valence-corrected chi connectivity index (χ4v) is 2.70. The van der Waals surface area contributed by atoms with Gasteiger partial charge in [0.15, 0.2) is 0 Å². The highest BCUT2D eigenvalue weighted by Crippen LogP contribution is 2.37. The number of hydrogen-bond acceptors (Lipinski definition) is 2. The van der Waals surface area contributed by atoms with Crippen molar-refractivity contribution in [2.24, 2.45) is 0 Å². The lowest BCUT2D eigenvalue weighted by Gasteiger charge is -2.13. The van der Waals surface area contributed by atoms with E-state index in [9.17, 15) is 18.0 Å². The highest BCUT2D eigenvalue weighted by atomic mass is 79.9. The van der Waals surface area contributed by atoms with Crippen LogP contribution in [0.4, 0.5) is 13.2 Å². The first-order valence-corrected chi connectivity index (χ1v) is 8.45. The molecule has 0 aliphatic rings. The maximum Gasteiger partial charge on any atom is 0.416 e. The number of carboxylic acid groups (broad SMARTS) is 1. The van der Waals surface area contributed by atoms with E-state index in [0.29, 0.717) is 10.6 Å². The van der Waals surface area contributed by atoms with E-state index < -0.39 is 22.5 Å². The number of rotatable bonds is 5. The Morgan fingerprint density at radius 3 is 2.40 bits per heavy atom. The first kappa shape index (κ1) is 19.9. The zero-order valence-corrected chi connectivity index (χ0v) is 15.4.